The number of rotatable bonds is 4. The van der Waals surface area contributed by atoms with E-state index in [-0.39, 0.29) is 5.91 Å². The molecule has 0 unspecified atom stereocenters. The van der Waals surface area contributed by atoms with E-state index in [0.29, 0.717) is 12.2 Å². The summed E-state index contributed by atoms with van der Waals surface area (Å²) in [6, 6.07) is 12.9. The molecule has 0 aliphatic carbocycles. The molecule has 2 aromatic rings. The number of carbonyl (C=O) groups is 1. The summed E-state index contributed by atoms with van der Waals surface area (Å²) in [5.41, 5.74) is 2.46. The van der Waals surface area contributed by atoms with Crippen molar-refractivity contribution in [3.63, 3.8) is 0 Å². The van der Waals surface area contributed by atoms with E-state index in [1.54, 1.807) is 24.3 Å². The summed E-state index contributed by atoms with van der Waals surface area (Å²) in [4.78, 5) is 12.1. The van der Waals surface area contributed by atoms with Crippen molar-refractivity contribution in [2.24, 2.45) is 0 Å². The van der Waals surface area contributed by atoms with Crippen LogP contribution in [-0.4, -0.2) is 12.5 Å². The summed E-state index contributed by atoms with van der Waals surface area (Å²) in [5, 5.41) is 2.88. The lowest BCUT2D eigenvalue weighted by Crippen LogP contribution is -2.11. The highest BCUT2D eigenvalue weighted by molar-refractivity contribution is 9.10. The Labute approximate surface area is 127 Å². The SMILES string of the molecule is CCOc1ccc(C(=O)Nc2cc(C)cc(Br)c2)cc1. The number of amides is 1. The van der Waals surface area contributed by atoms with Crippen molar-refractivity contribution in [2.75, 3.05) is 11.9 Å². The molecule has 0 bridgehead atoms. The number of hydrogen-bond donors (Lipinski definition) is 1. The molecule has 3 nitrogen and oxygen atoms in total. The van der Waals surface area contributed by atoms with Gasteiger partial charge in [-0.25, -0.2) is 0 Å². The Balaban J connectivity index is 2.11. The molecular weight excluding hydrogens is 318 g/mol. The Kier molecular flexibility index (Phi) is 4.79. The van der Waals surface area contributed by atoms with E-state index in [4.69, 9.17) is 4.74 Å². The quantitative estimate of drug-likeness (QED) is 0.899. The lowest BCUT2D eigenvalue weighted by atomic mass is 10.2. The molecule has 0 radical (unpaired) electrons. The first-order chi connectivity index (χ1) is 9.58. The molecule has 0 atom stereocenters. The number of anilines is 1. The average Bonchev–Trinajstić information content (AvgIpc) is 2.38. The van der Waals surface area contributed by atoms with Crippen LogP contribution in [0.1, 0.15) is 22.8 Å². The van der Waals surface area contributed by atoms with Crippen molar-refractivity contribution < 1.29 is 9.53 Å². The molecule has 20 heavy (non-hydrogen) atoms. The van der Waals surface area contributed by atoms with Gasteiger partial charge in [0.05, 0.1) is 6.61 Å². The Morgan fingerprint density at radius 3 is 2.50 bits per heavy atom. The van der Waals surface area contributed by atoms with E-state index in [0.717, 1.165) is 21.5 Å². The molecule has 0 aromatic heterocycles. The predicted octanol–water partition coefficient (Wildman–Crippen LogP) is 4.41. The van der Waals surface area contributed by atoms with Gasteiger partial charge in [-0.2, -0.15) is 0 Å². The van der Waals surface area contributed by atoms with Crippen LogP contribution in [0.3, 0.4) is 0 Å². The van der Waals surface area contributed by atoms with Gasteiger partial charge in [0.25, 0.3) is 5.91 Å². The molecule has 0 saturated heterocycles. The van der Waals surface area contributed by atoms with Gasteiger partial charge in [0.2, 0.25) is 0 Å². The van der Waals surface area contributed by atoms with Crippen molar-refractivity contribution in [1.82, 2.24) is 0 Å². The van der Waals surface area contributed by atoms with Gasteiger partial charge < -0.3 is 10.1 Å². The van der Waals surface area contributed by atoms with Crippen LogP contribution in [0.2, 0.25) is 0 Å². The van der Waals surface area contributed by atoms with Gasteiger partial charge in [-0.1, -0.05) is 15.9 Å². The second kappa shape index (κ2) is 6.57. The Bertz CT molecular complexity index is 588. The van der Waals surface area contributed by atoms with E-state index in [1.165, 1.54) is 0 Å². The highest BCUT2D eigenvalue weighted by Crippen LogP contribution is 2.20. The minimum atomic E-state index is -0.134. The van der Waals surface area contributed by atoms with Gasteiger partial charge in [-0.15, -0.1) is 0 Å². The number of ether oxygens (including phenoxy) is 1. The molecule has 0 spiro atoms. The number of hydrogen-bond acceptors (Lipinski definition) is 2. The van der Waals surface area contributed by atoms with Gasteiger partial charge in [0.15, 0.2) is 0 Å². The van der Waals surface area contributed by atoms with E-state index >= 15 is 0 Å². The van der Waals surface area contributed by atoms with Crippen LogP contribution in [0.5, 0.6) is 5.75 Å². The van der Waals surface area contributed by atoms with E-state index in [9.17, 15) is 4.79 Å². The highest BCUT2D eigenvalue weighted by atomic mass is 79.9. The standard InChI is InChI=1S/C16H16BrNO2/c1-3-20-15-6-4-12(5-7-15)16(19)18-14-9-11(2)8-13(17)10-14/h4-10H,3H2,1-2H3,(H,18,19). The first-order valence-electron chi connectivity index (χ1n) is 6.40. The number of aryl methyl sites for hydroxylation is 1. The first-order valence-corrected chi connectivity index (χ1v) is 7.19. The fourth-order valence-corrected chi connectivity index (χ4v) is 2.49. The van der Waals surface area contributed by atoms with Crippen LogP contribution in [0, 0.1) is 6.92 Å². The van der Waals surface area contributed by atoms with Crippen LogP contribution in [0.4, 0.5) is 5.69 Å². The lowest BCUT2D eigenvalue weighted by Gasteiger charge is -2.08. The monoisotopic (exact) mass is 333 g/mol. The number of nitrogens with one attached hydrogen (secondary N) is 1. The minimum Gasteiger partial charge on any atom is -0.494 e. The van der Waals surface area contributed by atoms with Crippen molar-refractivity contribution in [1.29, 1.82) is 0 Å². The van der Waals surface area contributed by atoms with Crippen LogP contribution in [0.15, 0.2) is 46.9 Å². The third-order valence-electron chi connectivity index (χ3n) is 2.73. The molecule has 104 valence electrons. The van der Waals surface area contributed by atoms with E-state index in [2.05, 4.69) is 21.2 Å². The summed E-state index contributed by atoms with van der Waals surface area (Å²) in [5.74, 6) is 0.632. The molecule has 0 aliphatic rings. The molecule has 2 aromatic carbocycles. The first kappa shape index (κ1) is 14.6. The molecular formula is C16H16BrNO2. The Morgan fingerprint density at radius 1 is 1.20 bits per heavy atom. The fourth-order valence-electron chi connectivity index (χ4n) is 1.88. The maximum atomic E-state index is 12.1. The molecule has 0 heterocycles. The van der Waals surface area contributed by atoms with Crippen LogP contribution >= 0.6 is 15.9 Å². The topological polar surface area (TPSA) is 38.3 Å². The van der Waals surface area contributed by atoms with Crippen molar-refractivity contribution in [3.05, 3.63) is 58.1 Å². The van der Waals surface area contributed by atoms with E-state index < -0.39 is 0 Å². The van der Waals surface area contributed by atoms with Crippen molar-refractivity contribution >= 4 is 27.5 Å². The highest BCUT2D eigenvalue weighted by Gasteiger charge is 2.07. The molecule has 4 heteroatoms. The lowest BCUT2D eigenvalue weighted by molar-refractivity contribution is 0.102. The second-order valence-electron chi connectivity index (χ2n) is 4.43. The fraction of sp³-hybridized carbons (Fsp3) is 0.188. The molecule has 0 fully saturated rings. The minimum absolute atomic E-state index is 0.134. The van der Waals surface area contributed by atoms with Crippen molar-refractivity contribution in [2.45, 2.75) is 13.8 Å². The summed E-state index contributed by atoms with van der Waals surface area (Å²) in [6.45, 7) is 4.52. The zero-order valence-corrected chi connectivity index (χ0v) is 13.0. The van der Waals surface area contributed by atoms with Gasteiger partial charge in [-0.3, -0.25) is 4.79 Å². The van der Waals surface area contributed by atoms with Crippen LogP contribution < -0.4 is 10.1 Å². The summed E-state index contributed by atoms with van der Waals surface area (Å²) in [6.07, 6.45) is 0. The zero-order valence-electron chi connectivity index (χ0n) is 11.4. The Hall–Kier alpha value is -1.81. The maximum Gasteiger partial charge on any atom is 0.255 e. The smallest absolute Gasteiger partial charge is 0.255 e. The van der Waals surface area contributed by atoms with Crippen LogP contribution in [-0.2, 0) is 0 Å². The molecule has 0 saturated carbocycles. The number of halogens is 1. The van der Waals surface area contributed by atoms with Crippen molar-refractivity contribution in [3.8, 4) is 5.75 Å². The van der Waals surface area contributed by atoms with Crippen LogP contribution in [0.25, 0.3) is 0 Å². The average molecular weight is 334 g/mol. The van der Waals surface area contributed by atoms with Gasteiger partial charge in [0, 0.05) is 15.7 Å². The summed E-state index contributed by atoms with van der Waals surface area (Å²) < 4.78 is 6.30. The van der Waals surface area contributed by atoms with E-state index in [1.807, 2.05) is 32.0 Å². The molecule has 1 amide bonds. The maximum absolute atomic E-state index is 12.1. The van der Waals surface area contributed by atoms with Gasteiger partial charge in [-0.05, 0) is 61.9 Å². The third-order valence-corrected chi connectivity index (χ3v) is 3.19. The largest absolute Gasteiger partial charge is 0.494 e. The number of benzene rings is 2. The zero-order chi connectivity index (χ0) is 14.5. The van der Waals surface area contributed by atoms with Gasteiger partial charge in [0.1, 0.15) is 5.75 Å². The summed E-state index contributed by atoms with van der Waals surface area (Å²) in [7, 11) is 0. The number of carbonyl (C=O) groups excluding carboxylic acids is 1. The summed E-state index contributed by atoms with van der Waals surface area (Å²) >= 11 is 3.42. The molecule has 1 N–H and O–H groups in total. The normalized spacial score (nSPS) is 10.2. The third kappa shape index (κ3) is 3.84. The second-order valence-corrected chi connectivity index (χ2v) is 5.34. The van der Waals surface area contributed by atoms with Gasteiger partial charge >= 0.3 is 0 Å². The molecule has 2 rings (SSSR count). The Morgan fingerprint density at radius 2 is 1.90 bits per heavy atom. The predicted molar refractivity (Wildman–Crippen MR) is 84.4 cm³/mol. The molecule has 0 aliphatic heterocycles.